The number of carbonyl (C=O) groups excluding carboxylic acids is 3. The quantitative estimate of drug-likeness (QED) is 0.831. The van der Waals surface area contributed by atoms with Crippen molar-refractivity contribution in [1.82, 2.24) is 14.8 Å². The smallest absolute Gasteiger partial charge is 0.327 e. The normalized spacial score (nSPS) is 19.6. The van der Waals surface area contributed by atoms with Crippen molar-refractivity contribution in [2.24, 2.45) is 0 Å². The summed E-state index contributed by atoms with van der Waals surface area (Å²) >= 11 is 0. The van der Waals surface area contributed by atoms with Gasteiger partial charge in [0.05, 0.1) is 0 Å². The van der Waals surface area contributed by atoms with Crippen LogP contribution in [-0.2, 0) is 9.59 Å². The van der Waals surface area contributed by atoms with Crippen LogP contribution in [0.4, 0.5) is 10.5 Å². The topological polar surface area (TPSA) is 85.5 Å². The van der Waals surface area contributed by atoms with Gasteiger partial charge in [0.25, 0.3) is 5.91 Å². The van der Waals surface area contributed by atoms with Crippen LogP contribution in [0, 0.1) is 0 Å². The summed E-state index contributed by atoms with van der Waals surface area (Å²) in [6.07, 6.45) is 6.13. The SMILES string of the molecule is CN1C(=O)N(CC(=O)Nc2ccc3[nH]ccc3c2)C(=O)C12CCCCC2. The van der Waals surface area contributed by atoms with Crippen LogP contribution in [0.25, 0.3) is 10.9 Å². The fourth-order valence-electron chi connectivity index (χ4n) is 4.15. The molecule has 0 unspecified atom stereocenters. The standard InChI is InChI=1S/C19H22N4O3/c1-22-18(26)23(17(25)19(22)8-3-2-4-9-19)12-16(24)21-14-5-6-15-13(11-14)7-10-20-15/h5-7,10-11,20H,2-4,8-9,12H2,1H3,(H,21,24). The largest absolute Gasteiger partial charge is 0.361 e. The molecule has 1 aromatic heterocycles. The molecule has 2 aromatic rings. The van der Waals surface area contributed by atoms with Crippen molar-refractivity contribution in [3.05, 3.63) is 30.5 Å². The molecular weight excluding hydrogens is 332 g/mol. The lowest BCUT2D eigenvalue weighted by Crippen LogP contribution is -2.49. The highest BCUT2D eigenvalue weighted by molar-refractivity contribution is 6.10. The fourth-order valence-corrected chi connectivity index (χ4v) is 4.15. The van der Waals surface area contributed by atoms with Crippen molar-refractivity contribution < 1.29 is 14.4 Å². The number of aromatic nitrogens is 1. The van der Waals surface area contributed by atoms with Gasteiger partial charge in [0.2, 0.25) is 5.91 Å². The molecule has 2 aliphatic rings. The number of amides is 4. The number of rotatable bonds is 3. The molecule has 7 nitrogen and oxygen atoms in total. The number of benzene rings is 1. The molecule has 0 bridgehead atoms. The van der Waals surface area contributed by atoms with E-state index in [1.54, 1.807) is 13.1 Å². The van der Waals surface area contributed by atoms with Gasteiger partial charge < -0.3 is 15.2 Å². The van der Waals surface area contributed by atoms with Gasteiger partial charge in [-0.3, -0.25) is 14.5 Å². The Bertz CT molecular complexity index is 882. The van der Waals surface area contributed by atoms with E-state index in [0.717, 1.165) is 35.1 Å². The predicted molar refractivity (Wildman–Crippen MR) is 97.6 cm³/mol. The molecule has 4 amide bonds. The summed E-state index contributed by atoms with van der Waals surface area (Å²) in [6.45, 7) is -0.255. The van der Waals surface area contributed by atoms with Gasteiger partial charge in [-0.1, -0.05) is 19.3 Å². The third-order valence-electron chi connectivity index (χ3n) is 5.62. The number of urea groups is 1. The second-order valence-corrected chi connectivity index (χ2v) is 7.15. The molecule has 7 heteroatoms. The first-order valence-electron chi connectivity index (χ1n) is 8.98. The van der Waals surface area contributed by atoms with Gasteiger partial charge >= 0.3 is 6.03 Å². The molecule has 1 aliphatic carbocycles. The number of carbonyl (C=O) groups is 3. The lowest BCUT2D eigenvalue weighted by molar-refractivity contribution is -0.136. The molecule has 2 heterocycles. The molecule has 0 atom stereocenters. The van der Waals surface area contributed by atoms with Gasteiger partial charge in [-0.15, -0.1) is 0 Å². The first-order chi connectivity index (χ1) is 12.5. The van der Waals surface area contributed by atoms with Crippen LogP contribution >= 0.6 is 0 Å². The van der Waals surface area contributed by atoms with Gasteiger partial charge in [0.1, 0.15) is 12.1 Å². The highest BCUT2D eigenvalue weighted by Gasteiger charge is 2.55. The Hall–Kier alpha value is -2.83. The van der Waals surface area contributed by atoms with Crippen LogP contribution in [0.5, 0.6) is 0 Å². The first kappa shape index (κ1) is 16.6. The number of fused-ring (bicyclic) bond motifs is 1. The lowest BCUT2D eigenvalue weighted by Gasteiger charge is -2.35. The summed E-state index contributed by atoms with van der Waals surface area (Å²) in [4.78, 5) is 43.6. The van der Waals surface area contributed by atoms with E-state index in [4.69, 9.17) is 0 Å². The lowest BCUT2D eigenvalue weighted by atomic mass is 9.81. The number of hydrogen-bond donors (Lipinski definition) is 2. The van der Waals surface area contributed by atoms with Crippen LogP contribution < -0.4 is 5.32 Å². The van der Waals surface area contributed by atoms with Crippen molar-refractivity contribution in [2.75, 3.05) is 18.9 Å². The van der Waals surface area contributed by atoms with E-state index in [2.05, 4.69) is 10.3 Å². The van der Waals surface area contributed by atoms with Gasteiger partial charge in [-0.05, 0) is 37.1 Å². The molecule has 1 aromatic carbocycles. The minimum Gasteiger partial charge on any atom is -0.361 e. The molecular formula is C19H22N4O3. The first-order valence-corrected chi connectivity index (χ1v) is 8.98. The molecule has 1 saturated heterocycles. The highest BCUT2D eigenvalue weighted by Crippen LogP contribution is 2.39. The predicted octanol–water partition coefficient (Wildman–Crippen LogP) is 2.70. The van der Waals surface area contributed by atoms with E-state index < -0.39 is 5.54 Å². The summed E-state index contributed by atoms with van der Waals surface area (Å²) in [5.74, 6) is -0.608. The monoisotopic (exact) mass is 354 g/mol. The minimum absolute atomic E-state index is 0.235. The van der Waals surface area contributed by atoms with Crippen molar-refractivity contribution >= 4 is 34.4 Å². The van der Waals surface area contributed by atoms with E-state index in [0.29, 0.717) is 18.5 Å². The van der Waals surface area contributed by atoms with E-state index in [9.17, 15) is 14.4 Å². The fraction of sp³-hybridized carbons (Fsp3) is 0.421. The second-order valence-electron chi connectivity index (χ2n) is 7.15. The Kier molecular flexibility index (Phi) is 3.94. The van der Waals surface area contributed by atoms with E-state index in [1.165, 1.54) is 4.90 Å². The number of aromatic amines is 1. The maximum Gasteiger partial charge on any atom is 0.327 e. The maximum absolute atomic E-state index is 12.9. The molecule has 136 valence electrons. The molecule has 2 N–H and O–H groups in total. The number of H-pyrrole nitrogens is 1. The number of likely N-dealkylation sites (N-methyl/N-ethyl adjacent to an activating group) is 1. The van der Waals surface area contributed by atoms with E-state index >= 15 is 0 Å². The maximum atomic E-state index is 12.9. The molecule has 4 rings (SSSR count). The van der Waals surface area contributed by atoms with Crippen LogP contribution in [-0.4, -0.2) is 51.8 Å². The number of imide groups is 1. The zero-order valence-corrected chi connectivity index (χ0v) is 14.7. The molecule has 0 radical (unpaired) electrons. The summed E-state index contributed by atoms with van der Waals surface area (Å²) in [7, 11) is 1.67. The summed E-state index contributed by atoms with van der Waals surface area (Å²) < 4.78 is 0. The molecule has 1 aliphatic heterocycles. The zero-order valence-electron chi connectivity index (χ0n) is 14.7. The van der Waals surface area contributed by atoms with Gasteiger partial charge in [-0.25, -0.2) is 4.79 Å². The van der Waals surface area contributed by atoms with Crippen molar-refractivity contribution in [3.63, 3.8) is 0 Å². The van der Waals surface area contributed by atoms with Crippen LogP contribution in [0.2, 0.25) is 0 Å². The van der Waals surface area contributed by atoms with Crippen molar-refractivity contribution in [2.45, 2.75) is 37.6 Å². The van der Waals surface area contributed by atoms with Crippen LogP contribution in [0.1, 0.15) is 32.1 Å². The van der Waals surface area contributed by atoms with Gasteiger partial charge in [0, 0.05) is 29.8 Å². The van der Waals surface area contributed by atoms with Crippen LogP contribution in [0.15, 0.2) is 30.5 Å². The highest BCUT2D eigenvalue weighted by atomic mass is 16.2. The third kappa shape index (κ3) is 2.55. The van der Waals surface area contributed by atoms with Crippen molar-refractivity contribution in [3.8, 4) is 0 Å². The summed E-state index contributed by atoms with van der Waals surface area (Å²) in [5.41, 5.74) is 0.871. The Balaban J connectivity index is 1.48. The number of anilines is 1. The Morgan fingerprint density at radius 3 is 2.73 bits per heavy atom. The van der Waals surface area contributed by atoms with Crippen molar-refractivity contribution in [1.29, 1.82) is 0 Å². The molecule has 2 fully saturated rings. The molecule has 26 heavy (non-hydrogen) atoms. The Morgan fingerprint density at radius 1 is 1.19 bits per heavy atom. The van der Waals surface area contributed by atoms with Gasteiger partial charge in [0.15, 0.2) is 0 Å². The Morgan fingerprint density at radius 2 is 1.96 bits per heavy atom. The van der Waals surface area contributed by atoms with Gasteiger partial charge in [-0.2, -0.15) is 0 Å². The minimum atomic E-state index is -0.750. The number of hydrogen-bond acceptors (Lipinski definition) is 3. The van der Waals surface area contributed by atoms with E-state index in [-0.39, 0.29) is 24.4 Å². The van der Waals surface area contributed by atoms with E-state index in [1.807, 2.05) is 24.4 Å². The number of nitrogens with zero attached hydrogens (tertiary/aromatic N) is 2. The zero-order chi connectivity index (χ0) is 18.3. The average Bonchev–Trinajstić information content (AvgIpc) is 3.17. The molecule has 1 spiro atoms. The average molecular weight is 354 g/mol. The number of nitrogens with one attached hydrogen (secondary N) is 2. The second kappa shape index (κ2) is 6.16. The summed E-state index contributed by atoms with van der Waals surface area (Å²) in [6, 6.07) is 7.06. The third-order valence-corrected chi connectivity index (χ3v) is 5.62. The summed E-state index contributed by atoms with van der Waals surface area (Å²) in [5, 5.41) is 3.76. The molecule has 1 saturated carbocycles. The van der Waals surface area contributed by atoms with Crippen LogP contribution in [0.3, 0.4) is 0 Å². The Labute approximate surface area is 151 Å².